The van der Waals surface area contributed by atoms with Gasteiger partial charge in [-0.3, -0.25) is 4.98 Å². The van der Waals surface area contributed by atoms with Crippen molar-refractivity contribution in [2.24, 2.45) is 5.92 Å². The minimum Gasteiger partial charge on any atom is -0.312 e. The van der Waals surface area contributed by atoms with Crippen LogP contribution in [0.3, 0.4) is 0 Å². The summed E-state index contributed by atoms with van der Waals surface area (Å²) >= 11 is 1.74. The van der Waals surface area contributed by atoms with Crippen molar-refractivity contribution in [3.05, 3.63) is 16.6 Å². The average Bonchev–Trinajstić information content (AvgIpc) is 2.59. The number of aromatic nitrogens is 1. The Labute approximate surface area is 84.4 Å². The van der Waals surface area contributed by atoms with Crippen molar-refractivity contribution in [3.8, 4) is 0 Å². The van der Waals surface area contributed by atoms with E-state index in [4.69, 9.17) is 0 Å². The zero-order valence-electron chi connectivity index (χ0n) is 8.58. The fourth-order valence-corrected chi connectivity index (χ4v) is 2.57. The number of thiazole rings is 1. The van der Waals surface area contributed by atoms with E-state index in [2.05, 4.69) is 24.1 Å². The van der Waals surface area contributed by atoms with Crippen LogP contribution >= 0.6 is 11.3 Å². The zero-order chi connectivity index (χ0) is 9.68. The molecule has 0 fully saturated rings. The Morgan fingerprint density at radius 3 is 2.85 bits per heavy atom. The second kappa shape index (κ2) is 5.35. The summed E-state index contributed by atoms with van der Waals surface area (Å²) in [5.74, 6) is 0.690. The molecule has 1 heterocycles. The first-order valence-corrected chi connectivity index (χ1v) is 5.73. The van der Waals surface area contributed by atoms with Gasteiger partial charge in [0.1, 0.15) is 0 Å². The maximum absolute atomic E-state index is 4.11. The first-order valence-electron chi connectivity index (χ1n) is 4.85. The van der Waals surface area contributed by atoms with Crippen molar-refractivity contribution in [3.63, 3.8) is 0 Å². The molecule has 0 radical (unpaired) electrons. The van der Waals surface area contributed by atoms with E-state index in [9.17, 15) is 0 Å². The van der Waals surface area contributed by atoms with Crippen LogP contribution in [0.25, 0.3) is 0 Å². The lowest BCUT2D eigenvalue weighted by atomic mass is 9.96. The molecule has 0 aliphatic heterocycles. The molecule has 0 bridgehead atoms. The maximum atomic E-state index is 4.11. The monoisotopic (exact) mass is 198 g/mol. The summed E-state index contributed by atoms with van der Waals surface area (Å²) in [6, 6.07) is 0.479. The maximum Gasteiger partial charge on any atom is 0.0794 e. The number of hydrogen-bond donors (Lipinski definition) is 1. The van der Waals surface area contributed by atoms with Gasteiger partial charge in [0.05, 0.1) is 5.51 Å². The van der Waals surface area contributed by atoms with E-state index in [1.54, 1.807) is 11.3 Å². The number of nitrogens with one attached hydrogen (secondary N) is 1. The van der Waals surface area contributed by atoms with Gasteiger partial charge in [-0.1, -0.05) is 20.3 Å². The Bertz CT molecular complexity index is 221. The van der Waals surface area contributed by atoms with Crippen LogP contribution < -0.4 is 5.32 Å². The van der Waals surface area contributed by atoms with Crippen LogP contribution in [0.5, 0.6) is 0 Å². The Morgan fingerprint density at radius 2 is 2.38 bits per heavy atom. The number of hydrogen-bond acceptors (Lipinski definition) is 3. The van der Waals surface area contributed by atoms with Gasteiger partial charge in [0.25, 0.3) is 0 Å². The van der Waals surface area contributed by atoms with Crippen LogP contribution in [-0.4, -0.2) is 12.0 Å². The van der Waals surface area contributed by atoms with Crippen molar-refractivity contribution in [1.29, 1.82) is 0 Å². The summed E-state index contributed by atoms with van der Waals surface area (Å²) in [7, 11) is 2.02. The molecule has 74 valence electrons. The second-order valence-electron chi connectivity index (χ2n) is 3.44. The Morgan fingerprint density at radius 1 is 1.62 bits per heavy atom. The molecule has 0 amide bonds. The highest BCUT2D eigenvalue weighted by molar-refractivity contribution is 7.09. The SMILES string of the molecule is CCCC(C)C(NC)c1cncs1. The second-order valence-corrected chi connectivity index (χ2v) is 4.35. The fraction of sp³-hybridized carbons (Fsp3) is 0.700. The number of nitrogens with zero attached hydrogens (tertiary/aromatic N) is 1. The number of rotatable bonds is 5. The Balaban J connectivity index is 2.62. The summed E-state index contributed by atoms with van der Waals surface area (Å²) in [6.07, 6.45) is 4.49. The molecule has 3 heteroatoms. The van der Waals surface area contributed by atoms with Crippen molar-refractivity contribution < 1.29 is 0 Å². The average molecular weight is 198 g/mol. The first-order chi connectivity index (χ1) is 6.29. The van der Waals surface area contributed by atoms with Gasteiger partial charge in [0.15, 0.2) is 0 Å². The molecule has 0 aliphatic rings. The van der Waals surface area contributed by atoms with Crippen LogP contribution in [0.1, 0.15) is 37.6 Å². The van der Waals surface area contributed by atoms with Crippen LogP contribution in [0.15, 0.2) is 11.7 Å². The van der Waals surface area contributed by atoms with Gasteiger partial charge < -0.3 is 5.32 Å². The largest absolute Gasteiger partial charge is 0.312 e. The van der Waals surface area contributed by atoms with Gasteiger partial charge in [0, 0.05) is 17.1 Å². The molecule has 2 atom stereocenters. The lowest BCUT2D eigenvalue weighted by Crippen LogP contribution is -2.22. The summed E-state index contributed by atoms with van der Waals surface area (Å²) in [5.41, 5.74) is 1.90. The summed E-state index contributed by atoms with van der Waals surface area (Å²) in [5, 5.41) is 3.36. The minimum absolute atomic E-state index is 0.479. The van der Waals surface area contributed by atoms with Gasteiger partial charge in [0.2, 0.25) is 0 Å². The summed E-state index contributed by atoms with van der Waals surface area (Å²) < 4.78 is 0. The predicted molar refractivity (Wildman–Crippen MR) is 58.0 cm³/mol. The van der Waals surface area contributed by atoms with Crippen LogP contribution in [0.2, 0.25) is 0 Å². The minimum atomic E-state index is 0.479. The van der Waals surface area contributed by atoms with E-state index in [0.717, 1.165) is 0 Å². The van der Waals surface area contributed by atoms with Gasteiger partial charge in [-0.25, -0.2) is 0 Å². The smallest absolute Gasteiger partial charge is 0.0794 e. The quantitative estimate of drug-likeness (QED) is 0.787. The standard InChI is InChI=1S/C10H18N2S/c1-4-5-8(2)10(11-3)9-6-12-7-13-9/h6-8,10-11H,4-5H2,1-3H3. The van der Waals surface area contributed by atoms with Gasteiger partial charge in [-0.2, -0.15) is 0 Å². The molecule has 0 aliphatic carbocycles. The third kappa shape index (κ3) is 2.78. The van der Waals surface area contributed by atoms with Gasteiger partial charge in [-0.15, -0.1) is 11.3 Å². The highest BCUT2D eigenvalue weighted by Crippen LogP contribution is 2.27. The van der Waals surface area contributed by atoms with Crippen molar-refractivity contribution in [2.75, 3.05) is 7.05 Å². The lowest BCUT2D eigenvalue weighted by molar-refractivity contribution is 0.388. The molecule has 0 saturated heterocycles. The van der Waals surface area contributed by atoms with Crippen molar-refractivity contribution >= 4 is 11.3 Å². The molecule has 1 aromatic rings. The van der Waals surface area contributed by atoms with Crippen LogP contribution in [0.4, 0.5) is 0 Å². The molecule has 2 nitrogen and oxygen atoms in total. The van der Waals surface area contributed by atoms with Crippen LogP contribution in [0, 0.1) is 5.92 Å². The Kier molecular flexibility index (Phi) is 4.39. The van der Waals surface area contributed by atoms with E-state index in [0.29, 0.717) is 12.0 Å². The molecular weight excluding hydrogens is 180 g/mol. The summed E-state index contributed by atoms with van der Waals surface area (Å²) in [4.78, 5) is 5.46. The molecular formula is C10H18N2S. The normalized spacial score (nSPS) is 15.6. The topological polar surface area (TPSA) is 24.9 Å². The van der Waals surface area contributed by atoms with E-state index < -0.39 is 0 Å². The molecule has 0 spiro atoms. The fourth-order valence-electron chi connectivity index (χ4n) is 1.71. The van der Waals surface area contributed by atoms with Crippen LogP contribution in [-0.2, 0) is 0 Å². The zero-order valence-corrected chi connectivity index (χ0v) is 9.40. The molecule has 1 N–H and O–H groups in total. The third-order valence-corrected chi connectivity index (χ3v) is 3.24. The first kappa shape index (κ1) is 10.7. The van der Waals surface area contributed by atoms with Gasteiger partial charge in [-0.05, 0) is 19.4 Å². The summed E-state index contributed by atoms with van der Waals surface area (Å²) in [6.45, 7) is 4.53. The van der Waals surface area contributed by atoms with E-state index in [1.807, 2.05) is 18.8 Å². The van der Waals surface area contributed by atoms with E-state index in [-0.39, 0.29) is 0 Å². The molecule has 0 saturated carbocycles. The third-order valence-electron chi connectivity index (χ3n) is 2.38. The van der Waals surface area contributed by atoms with Gasteiger partial charge >= 0.3 is 0 Å². The van der Waals surface area contributed by atoms with Crippen molar-refractivity contribution in [1.82, 2.24) is 10.3 Å². The Hall–Kier alpha value is -0.410. The molecule has 1 aromatic heterocycles. The molecule has 0 aromatic carbocycles. The van der Waals surface area contributed by atoms with E-state index in [1.165, 1.54) is 17.7 Å². The van der Waals surface area contributed by atoms with Crippen molar-refractivity contribution in [2.45, 2.75) is 32.7 Å². The molecule has 1 rings (SSSR count). The highest BCUT2D eigenvalue weighted by Gasteiger charge is 2.17. The van der Waals surface area contributed by atoms with E-state index >= 15 is 0 Å². The highest BCUT2D eigenvalue weighted by atomic mass is 32.1. The predicted octanol–water partition coefficient (Wildman–Crippen LogP) is 2.84. The molecule has 13 heavy (non-hydrogen) atoms. The molecule has 2 unspecified atom stereocenters. The lowest BCUT2D eigenvalue weighted by Gasteiger charge is -2.21.